The Balaban J connectivity index is 2.39. The first-order valence-electron chi connectivity index (χ1n) is 6.58. The zero-order chi connectivity index (χ0) is 13.0. The number of rotatable bonds is 4. The van der Waals surface area contributed by atoms with Gasteiger partial charge in [-0.15, -0.1) is 0 Å². The predicted octanol–water partition coefficient (Wildman–Crippen LogP) is 4.08. The molecular weight excluding hydrogens is 218 g/mol. The lowest BCUT2D eigenvalue weighted by atomic mass is 9.96. The second-order valence-corrected chi connectivity index (χ2v) is 4.74. The van der Waals surface area contributed by atoms with Crippen molar-refractivity contribution in [3.8, 4) is 11.1 Å². The molecule has 0 aliphatic rings. The minimum atomic E-state index is 0.930. The summed E-state index contributed by atoms with van der Waals surface area (Å²) in [7, 11) is 0. The van der Waals surface area contributed by atoms with E-state index in [0.29, 0.717) is 0 Å². The number of hydrogen-bond donors (Lipinski definition) is 1. The topological polar surface area (TPSA) is 12.0 Å². The van der Waals surface area contributed by atoms with Crippen LogP contribution in [0.25, 0.3) is 11.1 Å². The second kappa shape index (κ2) is 5.83. The molecule has 2 rings (SSSR count). The van der Waals surface area contributed by atoms with Crippen LogP contribution >= 0.6 is 0 Å². The van der Waals surface area contributed by atoms with Gasteiger partial charge in [0.15, 0.2) is 0 Å². The summed E-state index contributed by atoms with van der Waals surface area (Å²) in [6, 6.07) is 15.3. The highest BCUT2D eigenvalue weighted by molar-refractivity contribution is 5.68. The van der Waals surface area contributed by atoms with Gasteiger partial charge in [0.25, 0.3) is 0 Å². The molecule has 0 atom stereocenters. The van der Waals surface area contributed by atoms with Gasteiger partial charge in [-0.1, -0.05) is 49.4 Å². The number of aryl methyl sites for hydroxylation is 2. The van der Waals surface area contributed by atoms with E-state index in [4.69, 9.17) is 0 Å². The fourth-order valence-corrected chi connectivity index (χ4v) is 2.12. The Morgan fingerprint density at radius 2 is 1.72 bits per heavy atom. The van der Waals surface area contributed by atoms with Crippen LogP contribution in [0.1, 0.15) is 23.6 Å². The van der Waals surface area contributed by atoms with E-state index < -0.39 is 0 Å². The van der Waals surface area contributed by atoms with Crippen molar-refractivity contribution in [3.63, 3.8) is 0 Å². The highest BCUT2D eigenvalue weighted by Gasteiger charge is 2.04. The van der Waals surface area contributed by atoms with Gasteiger partial charge in [0, 0.05) is 6.54 Å². The van der Waals surface area contributed by atoms with Crippen molar-refractivity contribution in [1.29, 1.82) is 0 Å². The van der Waals surface area contributed by atoms with E-state index in [1.807, 2.05) is 0 Å². The summed E-state index contributed by atoms with van der Waals surface area (Å²) in [4.78, 5) is 0. The van der Waals surface area contributed by atoms with Crippen LogP contribution in [0.4, 0.5) is 0 Å². The van der Waals surface area contributed by atoms with Gasteiger partial charge in [0.1, 0.15) is 0 Å². The smallest absolute Gasteiger partial charge is 0.0211 e. The quantitative estimate of drug-likeness (QED) is 0.847. The molecule has 0 spiro atoms. The monoisotopic (exact) mass is 239 g/mol. The van der Waals surface area contributed by atoms with Crippen molar-refractivity contribution in [2.45, 2.75) is 27.3 Å². The van der Waals surface area contributed by atoms with Crippen LogP contribution < -0.4 is 5.32 Å². The second-order valence-electron chi connectivity index (χ2n) is 4.74. The molecule has 0 aromatic heterocycles. The van der Waals surface area contributed by atoms with Crippen LogP contribution in [0.2, 0.25) is 0 Å². The first-order valence-corrected chi connectivity index (χ1v) is 6.58. The summed E-state index contributed by atoms with van der Waals surface area (Å²) in [6.45, 7) is 8.40. The van der Waals surface area contributed by atoms with Crippen LogP contribution in [0.5, 0.6) is 0 Å². The zero-order valence-corrected chi connectivity index (χ0v) is 11.5. The van der Waals surface area contributed by atoms with Gasteiger partial charge in [0.05, 0.1) is 0 Å². The molecule has 0 bridgehead atoms. The van der Waals surface area contributed by atoms with E-state index in [0.717, 1.165) is 13.1 Å². The van der Waals surface area contributed by atoms with Gasteiger partial charge in [-0.2, -0.15) is 0 Å². The molecule has 0 amide bonds. The molecule has 0 fully saturated rings. The van der Waals surface area contributed by atoms with Crippen LogP contribution in [-0.4, -0.2) is 6.54 Å². The normalized spacial score (nSPS) is 10.6. The van der Waals surface area contributed by atoms with E-state index in [-0.39, 0.29) is 0 Å². The van der Waals surface area contributed by atoms with Crippen LogP contribution in [0.3, 0.4) is 0 Å². The third kappa shape index (κ3) is 2.80. The Morgan fingerprint density at radius 1 is 0.944 bits per heavy atom. The summed E-state index contributed by atoms with van der Waals surface area (Å²) in [5, 5.41) is 3.40. The molecule has 0 saturated heterocycles. The molecule has 1 heteroatoms. The fraction of sp³-hybridized carbons (Fsp3) is 0.294. The Bertz CT molecular complexity index is 529. The summed E-state index contributed by atoms with van der Waals surface area (Å²) in [6.07, 6.45) is 0. The number of benzene rings is 2. The lowest BCUT2D eigenvalue weighted by molar-refractivity contribution is 0.728. The molecule has 94 valence electrons. The maximum absolute atomic E-state index is 3.40. The van der Waals surface area contributed by atoms with Crippen molar-refractivity contribution >= 4 is 0 Å². The molecule has 0 aliphatic heterocycles. The standard InChI is InChI=1S/C17H21N/c1-4-18-12-16-7-5-6-8-17(16)15-10-9-13(2)14(3)11-15/h5-11,18H,4,12H2,1-3H3. The summed E-state index contributed by atoms with van der Waals surface area (Å²) >= 11 is 0. The van der Waals surface area contributed by atoms with E-state index in [1.54, 1.807) is 0 Å². The van der Waals surface area contributed by atoms with Crippen molar-refractivity contribution in [2.75, 3.05) is 6.54 Å². The lowest BCUT2D eigenvalue weighted by Crippen LogP contribution is -2.12. The van der Waals surface area contributed by atoms with Gasteiger partial charge in [0.2, 0.25) is 0 Å². The number of hydrogen-bond acceptors (Lipinski definition) is 1. The minimum Gasteiger partial charge on any atom is -0.313 e. The summed E-state index contributed by atoms with van der Waals surface area (Å²) in [5.41, 5.74) is 6.71. The largest absolute Gasteiger partial charge is 0.313 e. The van der Waals surface area contributed by atoms with Gasteiger partial charge >= 0.3 is 0 Å². The van der Waals surface area contributed by atoms with E-state index in [9.17, 15) is 0 Å². The van der Waals surface area contributed by atoms with E-state index in [2.05, 4.69) is 68.6 Å². The van der Waals surface area contributed by atoms with Crippen LogP contribution in [0.15, 0.2) is 42.5 Å². The minimum absolute atomic E-state index is 0.930. The Hall–Kier alpha value is -1.60. The lowest BCUT2D eigenvalue weighted by Gasteiger charge is -2.11. The van der Waals surface area contributed by atoms with Crippen LogP contribution in [0, 0.1) is 13.8 Å². The molecule has 0 saturated carbocycles. The average Bonchev–Trinajstić information content (AvgIpc) is 2.40. The van der Waals surface area contributed by atoms with E-state index >= 15 is 0 Å². The fourth-order valence-electron chi connectivity index (χ4n) is 2.12. The molecule has 0 unspecified atom stereocenters. The van der Waals surface area contributed by atoms with Gasteiger partial charge in [-0.25, -0.2) is 0 Å². The molecule has 1 nitrogen and oxygen atoms in total. The maximum atomic E-state index is 3.40. The predicted molar refractivity (Wildman–Crippen MR) is 78.7 cm³/mol. The number of nitrogens with one attached hydrogen (secondary N) is 1. The van der Waals surface area contributed by atoms with Crippen molar-refractivity contribution in [1.82, 2.24) is 5.32 Å². The van der Waals surface area contributed by atoms with Crippen molar-refractivity contribution in [2.24, 2.45) is 0 Å². The summed E-state index contributed by atoms with van der Waals surface area (Å²) < 4.78 is 0. The van der Waals surface area contributed by atoms with E-state index in [1.165, 1.54) is 27.8 Å². The SMILES string of the molecule is CCNCc1ccccc1-c1ccc(C)c(C)c1. The highest BCUT2D eigenvalue weighted by atomic mass is 14.8. The summed E-state index contributed by atoms with van der Waals surface area (Å²) in [5.74, 6) is 0. The molecule has 0 radical (unpaired) electrons. The van der Waals surface area contributed by atoms with Crippen molar-refractivity contribution in [3.05, 3.63) is 59.2 Å². The Labute approximate surface area is 110 Å². The first kappa shape index (κ1) is 12.8. The maximum Gasteiger partial charge on any atom is 0.0211 e. The Kier molecular flexibility index (Phi) is 4.16. The molecule has 2 aromatic carbocycles. The van der Waals surface area contributed by atoms with Gasteiger partial charge < -0.3 is 5.32 Å². The molecule has 1 N–H and O–H groups in total. The third-order valence-corrected chi connectivity index (χ3v) is 3.40. The zero-order valence-electron chi connectivity index (χ0n) is 11.5. The van der Waals surface area contributed by atoms with Crippen molar-refractivity contribution < 1.29 is 0 Å². The Morgan fingerprint density at radius 3 is 2.44 bits per heavy atom. The van der Waals surface area contributed by atoms with Crippen LogP contribution in [-0.2, 0) is 6.54 Å². The first-order chi connectivity index (χ1) is 8.72. The molecular formula is C17H21N. The third-order valence-electron chi connectivity index (χ3n) is 3.40. The molecule has 0 heterocycles. The average molecular weight is 239 g/mol. The molecule has 2 aromatic rings. The van der Waals surface area contributed by atoms with Gasteiger partial charge in [-0.3, -0.25) is 0 Å². The van der Waals surface area contributed by atoms with Gasteiger partial charge in [-0.05, 0) is 48.2 Å². The molecule has 18 heavy (non-hydrogen) atoms. The molecule has 0 aliphatic carbocycles. The highest BCUT2D eigenvalue weighted by Crippen LogP contribution is 2.25.